The van der Waals surface area contributed by atoms with Crippen LogP contribution in [-0.4, -0.2) is 12.1 Å². The molecular weight excluding hydrogens is 248 g/mol. The van der Waals surface area contributed by atoms with Crippen LogP contribution >= 0.6 is 0 Å². The van der Waals surface area contributed by atoms with Crippen molar-refractivity contribution in [1.82, 2.24) is 0 Å². The van der Waals surface area contributed by atoms with Gasteiger partial charge >= 0.3 is 5.97 Å². The van der Waals surface area contributed by atoms with Crippen molar-refractivity contribution in [3.8, 4) is 0 Å². The van der Waals surface area contributed by atoms with Crippen molar-refractivity contribution < 1.29 is 9.53 Å². The first kappa shape index (κ1) is 17.5. The second kappa shape index (κ2) is 9.41. The lowest BCUT2D eigenvalue weighted by Gasteiger charge is -2.24. The Morgan fingerprint density at radius 1 is 0.950 bits per heavy atom. The summed E-state index contributed by atoms with van der Waals surface area (Å²) in [5, 5.41) is 0. The number of rotatable bonds is 2. The monoisotopic (exact) mass is 282 g/mol. The average molecular weight is 282 g/mol. The predicted molar refractivity (Wildman–Crippen MR) is 84.7 cm³/mol. The van der Waals surface area contributed by atoms with Gasteiger partial charge in [0.25, 0.3) is 0 Å². The molecule has 0 radical (unpaired) electrons. The highest BCUT2D eigenvalue weighted by molar-refractivity contribution is 5.69. The van der Waals surface area contributed by atoms with E-state index in [1.807, 2.05) is 6.92 Å². The van der Waals surface area contributed by atoms with Gasteiger partial charge in [-0.2, -0.15) is 0 Å². The van der Waals surface area contributed by atoms with Gasteiger partial charge in [0.1, 0.15) is 6.10 Å². The van der Waals surface area contributed by atoms with Gasteiger partial charge < -0.3 is 4.74 Å². The Morgan fingerprint density at radius 3 is 2.00 bits per heavy atom. The summed E-state index contributed by atoms with van der Waals surface area (Å²) in [5.41, 5.74) is 0.516. The van der Waals surface area contributed by atoms with Crippen LogP contribution in [0.25, 0.3) is 0 Å². The molecule has 2 nitrogen and oxygen atoms in total. The van der Waals surface area contributed by atoms with Crippen LogP contribution in [0.1, 0.15) is 97.8 Å². The van der Waals surface area contributed by atoms with E-state index in [4.69, 9.17) is 4.74 Å². The minimum Gasteiger partial charge on any atom is -0.462 e. The molecule has 2 heteroatoms. The molecule has 1 saturated carbocycles. The topological polar surface area (TPSA) is 26.3 Å². The van der Waals surface area contributed by atoms with Gasteiger partial charge in [0.2, 0.25) is 0 Å². The van der Waals surface area contributed by atoms with Crippen molar-refractivity contribution in [2.75, 3.05) is 0 Å². The first-order valence-corrected chi connectivity index (χ1v) is 8.73. The van der Waals surface area contributed by atoms with Crippen LogP contribution in [0, 0.1) is 5.41 Å². The van der Waals surface area contributed by atoms with Crippen molar-refractivity contribution >= 4 is 5.97 Å². The van der Waals surface area contributed by atoms with E-state index >= 15 is 0 Å². The van der Waals surface area contributed by atoms with Gasteiger partial charge in [0.05, 0.1) is 0 Å². The van der Waals surface area contributed by atoms with Gasteiger partial charge in [-0.05, 0) is 43.9 Å². The van der Waals surface area contributed by atoms with E-state index in [0.29, 0.717) is 11.8 Å². The van der Waals surface area contributed by atoms with Crippen LogP contribution in [-0.2, 0) is 9.53 Å². The molecule has 0 aromatic heterocycles. The zero-order valence-electron chi connectivity index (χ0n) is 13.9. The van der Waals surface area contributed by atoms with E-state index in [0.717, 1.165) is 12.8 Å². The number of esters is 1. The van der Waals surface area contributed by atoms with Crippen molar-refractivity contribution in [3.63, 3.8) is 0 Å². The molecular formula is C18H34O2. The quantitative estimate of drug-likeness (QED) is 0.613. The summed E-state index contributed by atoms with van der Waals surface area (Å²) in [6.07, 6.45) is 14.5. The molecule has 0 spiro atoms. The third-order valence-corrected chi connectivity index (χ3v) is 4.60. The number of ether oxygens (including phenoxy) is 1. The number of carbonyl (C=O) groups is 1. The van der Waals surface area contributed by atoms with Gasteiger partial charge in [-0.15, -0.1) is 0 Å². The number of hydrogen-bond donors (Lipinski definition) is 0. The Balaban J connectivity index is 2.41. The molecule has 1 aliphatic carbocycles. The summed E-state index contributed by atoms with van der Waals surface area (Å²) in [5.74, 6) is -0.0274. The third-order valence-electron chi connectivity index (χ3n) is 4.60. The second-order valence-corrected chi connectivity index (χ2v) is 7.18. The maximum absolute atomic E-state index is 11.5. The summed E-state index contributed by atoms with van der Waals surface area (Å²) >= 11 is 0. The van der Waals surface area contributed by atoms with Crippen LogP contribution in [0.15, 0.2) is 0 Å². The first-order chi connectivity index (χ1) is 9.53. The van der Waals surface area contributed by atoms with E-state index < -0.39 is 0 Å². The van der Waals surface area contributed by atoms with Gasteiger partial charge in [-0.25, -0.2) is 0 Å². The molecule has 1 rings (SSSR count). The van der Waals surface area contributed by atoms with Crippen molar-refractivity contribution in [1.29, 1.82) is 0 Å². The largest absolute Gasteiger partial charge is 0.462 e. The van der Waals surface area contributed by atoms with Crippen molar-refractivity contribution in [2.45, 2.75) is 104 Å². The van der Waals surface area contributed by atoms with Crippen molar-refractivity contribution in [2.24, 2.45) is 5.41 Å². The van der Waals surface area contributed by atoms with Crippen LogP contribution in [0.2, 0.25) is 0 Å². The fourth-order valence-corrected chi connectivity index (χ4v) is 3.14. The fourth-order valence-electron chi connectivity index (χ4n) is 3.14. The Bertz CT molecular complexity index is 271. The molecule has 0 N–H and O–H groups in total. The van der Waals surface area contributed by atoms with Crippen LogP contribution < -0.4 is 0 Å². The molecule has 0 saturated heterocycles. The third kappa shape index (κ3) is 7.91. The standard InChI is InChI=1S/C18H34O2/c1-4-17(19)20-16-12-8-5-6-10-14-18(2,3)15-11-7-9-13-16/h16H,4-15H2,1-3H3. The second-order valence-electron chi connectivity index (χ2n) is 7.18. The maximum Gasteiger partial charge on any atom is 0.305 e. The zero-order valence-corrected chi connectivity index (χ0v) is 13.9. The maximum atomic E-state index is 11.5. The molecule has 0 amide bonds. The summed E-state index contributed by atoms with van der Waals surface area (Å²) in [7, 11) is 0. The molecule has 20 heavy (non-hydrogen) atoms. The Hall–Kier alpha value is -0.530. The Kier molecular flexibility index (Phi) is 8.25. The molecule has 118 valence electrons. The highest BCUT2D eigenvalue weighted by Gasteiger charge is 2.18. The zero-order chi connectivity index (χ0) is 14.8. The molecule has 0 aromatic rings. The number of hydrogen-bond acceptors (Lipinski definition) is 2. The number of carbonyl (C=O) groups excluding carboxylic acids is 1. The van der Waals surface area contributed by atoms with Gasteiger partial charge in [-0.1, -0.05) is 52.9 Å². The molecule has 1 unspecified atom stereocenters. The smallest absolute Gasteiger partial charge is 0.305 e. The van der Waals surface area contributed by atoms with E-state index in [-0.39, 0.29) is 12.1 Å². The van der Waals surface area contributed by atoms with Gasteiger partial charge in [0.15, 0.2) is 0 Å². The Morgan fingerprint density at radius 2 is 1.45 bits per heavy atom. The van der Waals surface area contributed by atoms with Gasteiger partial charge in [-0.3, -0.25) is 4.79 Å². The lowest BCUT2D eigenvalue weighted by atomic mass is 9.82. The molecule has 1 atom stereocenters. The summed E-state index contributed by atoms with van der Waals surface area (Å²) < 4.78 is 5.58. The van der Waals surface area contributed by atoms with E-state index in [2.05, 4.69) is 13.8 Å². The Labute approximate surface area is 125 Å². The summed E-state index contributed by atoms with van der Waals surface area (Å²) in [6, 6.07) is 0. The molecule has 0 bridgehead atoms. The lowest BCUT2D eigenvalue weighted by molar-refractivity contribution is -0.149. The van der Waals surface area contributed by atoms with Crippen LogP contribution in [0.4, 0.5) is 0 Å². The van der Waals surface area contributed by atoms with E-state index in [1.54, 1.807) is 0 Å². The minimum atomic E-state index is -0.0274. The lowest BCUT2D eigenvalue weighted by Crippen LogP contribution is -2.17. The van der Waals surface area contributed by atoms with E-state index in [9.17, 15) is 4.79 Å². The van der Waals surface area contributed by atoms with Crippen LogP contribution in [0.5, 0.6) is 0 Å². The predicted octanol–water partition coefficient (Wildman–Crippen LogP) is 5.64. The van der Waals surface area contributed by atoms with Crippen molar-refractivity contribution in [3.05, 3.63) is 0 Å². The average Bonchev–Trinajstić information content (AvgIpc) is 2.42. The minimum absolute atomic E-state index is 0.0274. The molecule has 0 heterocycles. The van der Waals surface area contributed by atoms with Crippen LogP contribution in [0.3, 0.4) is 0 Å². The normalized spacial score (nSPS) is 25.9. The highest BCUT2D eigenvalue weighted by atomic mass is 16.5. The molecule has 0 aromatic carbocycles. The fraction of sp³-hybridized carbons (Fsp3) is 0.944. The molecule has 1 aliphatic rings. The van der Waals surface area contributed by atoms with E-state index in [1.165, 1.54) is 57.8 Å². The highest BCUT2D eigenvalue weighted by Crippen LogP contribution is 2.31. The molecule has 0 aliphatic heterocycles. The van der Waals surface area contributed by atoms with Gasteiger partial charge in [0, 0.05) is 6.42 Å². The first-order valence-electron chi connectivity index (χ1n) is 8.73. The summed E-state index contributed by atoms with van der Waals surface area (Å²) in [4.78, 5) is 11.5. The molecule has 1 fully saturated rings. The summed E-state index contributed by atoms with van der Waals surface area (Å²) in [6.45, 7) is 6.71. The SMILES string of the molecule is CCC(=O)OC1CCCCCCC(C)(C)CCCCC1.